The second-order valence-electron chi connectivity index (χ2n) is 6.89. The third kappa shape index (κ3) is 3.77. The van der Waals surface area contributed by atoms with Crippen molar-refractivity contribution in [3.63, 3.8) is 0 Å². The summed E-state index contributed by atoms with van der Waals surface area (Å²) in [4.78, 5) is 6.67. The molecule has 0 saturated heterocycles. The summed E-state index contributed by atoms with van der Waals surface area (Å²) in [5.41, 5.74) is 2.39. The number of rotatable bonds is 4. The lowest BCUT2D eigenvalue weighted by Gasteiger charge is -2.36. The number of halogens is 3. The monoisotopic (exact) mass is 412 g/mol. The van der Waals surface area contributed by atoms with Crippen LogP contribution in [-0.4, -0.2) is 30.2 Å². The first kappa shape index (κ1) is 19.6. The van der Waals surface area contributed by atoms with Gasteiger partial charge in [-0.05, 0) is 53.1 Å². The van der Waals surface area contributed by atoms with E-state index in [9.17, 15) is 13.2 Å². The van der Waals surface area contributed by atoms with E-state index in [-0.39, 0.29) is 17.5 Å². The van der Waals surface area contributed by atoms with E-state index in [0.717, 1.165) is 28.4 Å². The molecular formula is C23H19F3N2S. The Labute approximate surface area is 172 Å². The van der Waals surface area contributed by atoms with Crippen molar-refractivity contribution < 1.29 is 13.2 Å². The normalized spacial score (nSPS) is 14.2. The van der Waals surface area contributed by atoms with Crippen molar-refractivity contribution in [3.8, 4) is 0 Å². The Kier molecular flexibility index (Phi) is 5.37. The van der Waals surface area contributed by atoms with Crippen molar-refractivity contribution >= 4 is 16.9 Å². The second kappa shape index (κ2) is 7.95. The molecule has 0 spiro atoms. The average Bonchev–Trinajstić information content (AvgIpc) is 3.12. The fourth-order valence-corrected chi connectivity index (χ4v) is 4.93. The molecule has 6 heteroatoms. The van der Waals surface area contributed by atoms with E-state index < -0.39 is 4.75 Å². The Hall–Kier alpha value is -2.73. The number of amidine groups is 1. The van der Waals surface area contributed by atoms with Gasteiger partial charge < -0.3 is 4.90 Å². The Morgan fingerprint density at radius 2 is 1.10 bits per heavy atom. The summed E-state index contributed by atoms with van der Waals surface area (Å²) in [5, 5.41) is 0.822. The van der Waals surface area contributed by atoms with Crippen LogP contribution in [0.15, 0.2) is 77.8 Å². The van der Waals surface area contributed by atoms with E-state index in [4.69, 9.17) is 0 Å². The van der Waals surface area contributed by atoms with Gasteiger partial charge in [0.15, 0.2) is 5.17 Å². The van der Waals surface area contributed by atoms with Crippen LogP contribution in [0.1, 0.15) is 16.7 Å². The van der Waals surface area contributed by atoms with E-state index in [1.165, 1.54) is 48.2 Å². The quantitative estimate of drug-likeness (QED) is 0.531. The molecule has 1 aliphatic rings. The van der Waals surface area contributed by atoms with Gasteiger partial charge in [0, 0.05) is 13.6 Å². The van der Waals surface area contributed by atoms with E-state index in [1.807, 2.05) is 7.05 Å². The standard InChI is InChI=1S/C23H19F3N2S/c1-28-15-14-27-22(28)29-23(16-2-8-19(24)9-3-16,17-4-10-20(25)11-5-17)18-6-12-21(26)13-7-18/h2-13H,14-15H2,1H3. The molecule has 0 unspecified atom stereocenters. The molecule has 0 fully saturated rings. The molecule has 0 aromatic heterocycles. The Bertz CT molecular complexity index is 905. The fourth-order valence-electron chi connectivity index (χ4n) is 3.49. The van der Waals surface area contributed by atoms with Crippen LogP contribution in [0.2, 0.25) is 0 Å². The summed E-state index contributed by atoms with van der Waals surface area (Å²) < 4.78 is 40.3. The Balaban J connectivity index is 1.98. The summed E-state index contributed by atoms with van der Waals surface area (Å²) in [6.45, 7) is 1.49. The molecule has 0 bridgehead atoms. The molecule has 3 aromatic carbocycles. The van der Waals surface area contributed by atoms with Gasteiger partial charge in [0.1, 0.15) is 17.5 Å². The number of nitrogens with zero attached hydrogens (tertiary/aromatic N) is 2. The van der Waals surface area contributed by atoms with Crippen molar-refractivity contribution in [2.75, 3.05) is 20.1 Å². The van der Waals surface area contributed by atoms with Gasteiger partial charge in [0.05, 0.1) is 11.3 Å². The average molecular weight is 412 g/mol. The van der Waals surface area contributed by atoms with Crippen molar-refractivity contribution in [1.29, 1.82) is 0 Å². The molecule has 148 valence electrons. The molecule has 1 aliphatic heterocycles. The number of aliphatic imine (C=N–C) groups is 1. The summed E-state index contributed by atoms with van der Waals surface area (Å²) >= 11 is 1.49. The maximum atomic E-state index is 13.7. The lowest BCUT2D eigenvalue weighted by atomic mass is 9.84. The minimum Gasteiger partial charge on any atom is -0.353 e. The zero-order valence-corrected chi connectivity index (χ0v) is 16.6. The molecule has 0 amide bonds. The van der Waals surface area contributed by atoms with Crippen LogP contribution in [0.5, 0.6) is 0 Å². The van der Waals surface area contributed by atoms with Crippen molar-refractivity contribution in [3.05, 3.63) is 107 Å². The molecule has 4 rings (SSSR count). The highest BCUT2D eigenvalue weighted by atomic mass is 32.2. The number of hydrogen-bond donors (Lipinski definition) is 0. The van der Waals surface area contributed by atoms with Crippen molar-refractivity contribution in [1.82, 2.24) is 4.90 Å². The highest BCUT2D eigenvalue weighted by molar-refractivity contribution is 8.14. The second-order valence-corrected chi connectivity index (χ2v) is 8.07. The summed E-state index contributed by atoms with van der Waals surface area (Å²) in [7, 11) is 1.96. The van der Waals surface area contributed by atoms with Gasteiger partial charge in [-0.15, -0.1) is 0 Å². The van der Waals surface area contributed by atoms with Gasteiger partial charge in [-0.3, -0.25) is 4.99 Å². The minimum atomic E-state index is -0.855. The molecule has 0 saturated carbocycles. The Morgan fingerprint density at radius 1 is 0.724 bits per heavy atom. The number of thioether (sulfide) groups is 1. The van der Waals surface area contributed by atoms with Crippen LogP contribution in [0, 0.1) is 17.5 Å². The smallest absolute Gasteiger partial charge is 0.160 e. The zero-order chi connectivity index (χ0) is 20.4. The van der Waals surface area contributed by atoms with Crippen LogP contribution in [0.3, 0.4) is 0 Å². The van der Waals surface area contributed by atoms with Gasteiger partial charge in [-0.2, -0.15) is 0 Å². The van der Waals surface area contributed by atoms with Gasteiger partial charge in [0.2, 0.25) is 0 Å². The highest BCUT2D eigenvalue weighted by Crippen LogP contribution is 2.49. The maximum absolute atomic E-state index is 13.7. The molecule has 0 aliphatic carbocycles. The van der Waals surface area contributed by atoms with E-state index in [0.29, 0.717) is 6.54 Å². The van der Waals surface area contributed by atoms with Crippen LogP contribution in [0.25, 0.3) is 0 Å². The van der Waals surface area contributed by atoms with Crippen LogP contribution in [0.4, 0.5) is 13.2 Å². The van der Waals surface area contributed by atoms with Gasteiger partial charge in [-0.25, -0.2) is 13.2 Å². The predicted molar refractivity (Wildman–Crippen MR) is 112 cm³/mol. The summed E-state index contributed by atoms with van der Waals surface area (Å²) in [5.74, 6) is -1.04. The molecule has 29 heavy (non-hydrogen) atoms. The molecule has 2 nitrogen and oxygen atoms in total. The molecule has 3 aromatic rings. The predicted octanol–water partition coefficient (Wildman–Crippen LogP) is 5.43. The van der Waals surface area contributed by atoms with Crippen LogP contribution in [-0.2, 0) is 4.75 Å². The molecule has 1 heterocycles. The molecule has 0 atom stereocenters. The third-order valence-corrected chi connectivity index (χ3v) is 6.64. The van der Waals surface area contributed by atoms with Gasteiger partial charge >= 0.3 is 0 Å². The molecular weight excluding hydrogens is 393 g/mol. The zero-order valence-electron chi connectivity index (χ0n) is 15.8. The number of hydrogen-bond acceptors (Lipinski definition) is 3. The first-order valence-electron chi connectivity index (χ1n) is 9.22. The van der Waals surface area contributed by atoms with E-state index in [2.05, 4.69) is 9.89 Å². The van der Waals surface area contributed by atoms with Gasteiger partial charge in [0.25, 0.3) is 0 Å². The third-order valence-electron chi connectivity index (χ3n) is 5.01. The first-order chi connectivity index (χ1) is 14.0. The molecule has 0 N–H and O–H groups in total. The van der Waals surface area contributed by atoms with Crippen molar-refractivity contribution in [2.45, 2.75) is 4.75 Å². The highest BCUT2D eigenvalue weighted by Gasteiger charge is 2.40. The fraction of sp³-hybridized carbons (Fsp3) is 0.174. The lowest BCUT2D eigenvalue weighted by Crippen LogP contribution is -2.31. The lowest BCUT2D eigenvalue weighted by molar-refractivity contribution is 0.564. The maximum Gasteiger partial charge on any atom is 0.160 e. The Morgan fingerprint density at radius 3 is 1.41 bits per heavy atom. The number of likely N-dealkylation sites (N-methyl/N-ethyl adjacent to an activating group) is 1. The summed E-state index contributed by atoms with van der Waals surface area (Å²) in [6, 6.07) is 18.7. The van der Waals surface area contributed by atoms with Crippen molar-refractivity contribution in [2.24, 2.45) is 4.99 Å². The van der Waals surface area contributed by atoms with Crippen LogP contribution < -0.4 is 0 Å². The van der Waals surface area contributed by atoms with Gasteiger partial charge in [-0.1, -0.05) is 48.2 Å². The van der Waals surface area contributed by atoms with E-state index >= 15 is 0 Å². The summed E-state index contributed by atoms with van der Waals surface area (Å²) in [6.07, 6.45) is 0. The van der Waals surface area contributed by atoms with Crippen LogP contribution >= 0.6 is 11.8 Å². The SMILES string of the molecule is CN1CCN=C1SC(c1ccc(F)cc1)(c1ccc(F)cc1)c1ccc(F)cc1. The first-order valence-corrected chi connectivity index (χ1v) is 10.0. The minimum absolute atomic E-state index is 0.346. The van der Waals surface area contributed by atoms with E-state index in [1.54, 1.807) is 36.4 Å². The largest absolute Gasteiger partial charge is 0.353 e. The topological polar surface area (TPSA) is 15.6 Å². The number of benzene rings is 3. The molecule has 0 radical (unpaired) electrons.